The van der Waals surface area contributed by atoms with E-state index in [1.165, 1.54) is 44.2 Å². The van der Waals surface area contributed by atoms with Crippen LogP contribution in [0.15, 0.2) is 16.9 Å². The fraction of sp³-hybridized carbons (Fsp3) is 0.700. The molecular weight excluding hydrogens is 344 g/mol. The molecule has 1 saturated heterocycles. The molecule has 2 saturated carbocycles. The zero-order chi connectivity index (χ0) is 18.8. The van der Waals surface area contributed by atoms with E-state index in [4.69, 9.17) is 0 Å². The van der Waals surface area contributed by atoms with Gasteiger partial charge in [0.2, 0.25) is 5.91 Å². The average molecular weight is 372 g/mol. The molecule has 2 amide bonds. The Balaban J connectivity index is 1.38. The number of likely N-dealkylation sites (tertiary alicyclic amines) is 1. The summed E-state index contributed by atoms with van der Waals surface area (Å²) in [6.45, 7) is 0.550. The normalized spacial score (nSPS) is 28.6. The van der Waals surface area contributed by atoms with Crippen molar-refractivity contribution in [3.63, 3.8) is 0 Å². The number of aromatic nitrogens is 2. The summed E-state index contributed by atoms with van der Waals surface area (Å²) in [5, 5.41) is 9.33. The van der Waals surface area contributed by atoms with Crippen molar-refractivity contribution < 1.29 is 9.59 Å². The summed E-state index contributed by atoms with van der Waals surface area (Å²) in [4.78, 5) is 38.5. The predicted molar refractivity (Wildman–Crippen MR) is 100 cm³/mol. The maximum absolute atomic E-state index is 12.9. The largest absolute Gasteiger partial charge is 0.351 e. The summed E-state index contributed by atoms with van der Waals surface area (Å²) in [7, 11) is 0. The van der Waals surface area contributed by atoms with Gasteiger partial charge in [0.25, 0.3) is 11.5 Å². The van der Waals surface area contributed by atoms with Crippen molar-refractivity contribution in [1.29, 1.82) is 0 Å². The van der Waals surface area contributed by atoms with Crippen molar-refractivity contribution in [3.8, 4) is 0 Å². The number of hydrogen-bond acceptors (Lipinski definition) is 4. The molecule has 7 heteroatoms. The van der Waals surface area contributed by atoms with Crippen molar-refractivity contribution >= 4 is 11.8 Å². The third-order valence-electron chi connectivity index (χ3n) is 6.39. The predicted octanol–water partition coefficient (Wildman–Crippen LogP) is 1.85. The van der Waals surface area contributed by atoms with Crippen LogP contribution in [0.2, 0.25) is 0 Å². The SMILES string of the molecule is O=C(NC1CC1C1CCCCC1)C1CCCCN1C(=O)c1ccc(=O)[nH]n1. The van der Waals surface area contributed by atoms with E-state index in [0.717, 1.165) is 25.2 Å². The van der Waals surface area contributed by atoms with E-state index in [1.807, 2.05) is 0 Å². The van der Waals surface area contributed by atoms with Crippen molar-refractivity contribution in [2.24, 2.45) is 11.8 Å². The number of rotatable bonds is 4. The number of carbonyl (C=O) groups excluding carboxylic acids is 2. The second-order valence-corrected chi connectivity index (χ2v) is 8.23. The van der Waals surface area contributed by atoms with Crippen LogP contribution in [0.25, 0.3) is 0 Å². The summed E-state index contributed by atoms with van der Waals surface area (Å²) in [6, 6.07) is 2.56. The highest BCUT2D eigenvalue weighted by Crippen LogP contribution is 2.44. The molecule has 0 spiro atoms. The van der Waals surface area contributed by atoms with Gasteiger partial charge in [-0.2, -0.15) is 5.10 Å². The molecule has 1 aliphatic heterocycles. The van der Waals surface area contributed by atoms with Gasteiger partial charge in [0.05, 0.1) is 0 Å². The molecule has 0 radical (unpaired) electrons. The Kier molecular flexibility index (Phi) is 5.27. The molecule has 3 atom stereocenters. The Morgan fingerprint density at radius 2 is 1.85 bits per heavy atom. The van der Waals surface area contributed by atoms with Crippen LogP contribution in [0.1, 0.15) is 68.3 Å². The lowest BCUT2D eigenvalue weighted by molar-refractivity contribution is -0.126. The van der Waals surface area contributed by atoms with Crippen LogP contribution >= 0.6 is 0 Å². The van der Waals surface area contributed by atoms with E-state index in [-0.39, 0.29) is 29.1 Å². The molecular formula is C20H28N4O3. The number of hydrogen-bond donors (Lipinski definition) is 2. The highest BCUT2D eigenvalue weighted by Gasteiger charge is 2.45. The summed E-state index contributed by atoms with van der Waals surface area (Å²) < 4.78 is 0. The fourth-order valence-corrected chi connectivity index (χ4v) is 4.80. The maximum Gasteiger partial charge on any atom is 0.274 e. The molecule has 2 heterocycles. The zero-order valence-corrected chi connectivity index (χ0v) is 15.7. The Bertz CT molecular complexity index is 735. The van der Waals surface area contributed by atoms with Gasteiger partial charge in [-0.15, -0.1) is 0 Å². The van der Waals surface area contributed by atoms with Gasteiger partial charge in [0, 0.05) is 18.7 Å². The quantitative estimate of drug-likeness (QED) is 0.843. The minimum absolute atomic E-state index is 0.0317. The van der Waals surface area contributed by atoms with Crippen molar-refractivity contribution in [3.05, 3.63) is 28.2 Å². The van der Waals surface area contributed by atoms with Gasteiger partial charge in [-0.25, -0.2) is 5.10 Å². The Morgan fingerprint density at radius 3 is 2.59 bits per heavy atom. The van der Waals surface area contributed by atoms with Gasteiger partial charge in [0.15, 0.2) is 0 Å². The molecule has 4 rings (SSSR count). The Morgan fingerprint density at radius 1 is 1.07 bits per heavy atom. The first-order chi connectivity index (χ1) is 13.1. The Labute approximate surface area is 158 Å². The number of aromatic amines is 1. The molecule has 3 aliphatic rings. The van der Waals surface area contributed by atoms with Crippen LogP contribution < -0.4 is 10.9 Å². The zero-order valence-electron chi connectivity index (χ0n) is 15.7. The summed E-state index contributed by atoms with van der Waals surface area (Å²) in [6.07, 6.45) is 10.2. The number of nitrogens with zero attached hydrogens (tertiary/aromatic N) is 2. The van der Waals surface area contributed by atoms with Crippen LogP contribution in [0.3, 0.4) is 0 Å². The third kappa shape index (κ3) is 4.06. The van der Waals surface area contributed by atoms with Gasteiger partial charge in [-0.1, -0.05) is 32.1 Å². The van der Waals surface area contributed by atoms with Crippen LogP contribution in [0.4, 0.5) is 0 Å². The van der Waals surface area contributed by atoms with Crippen LogP contribution in [0, 0.1) is 11.8 Å². The van der Waals surface area contributed by atoms with Crippen molar-refractivity contribution in [1.82, 2.24) is 20.4 Å². The van der Waals surface area contributed by atoms with Crippen molar-refractivity contribution in [2.45, 2.75) is 69.9 Å². The lowest BCUT2D eigenvalue weighted by Gasteiger charge is -2.34. The average Bonchev–Trinajstić information content (AvgIpc) is 3.48. The van der Waals surface area contributed by atoms with E-state index < -0.39 is 6.04 Å². The van der Waals surface area contributed by atoms with E-state index >= 15 is 0 Å². The summed E-state index contributed by atoms with van der Waals surface area (Å²) >= 11 is 0. The molecule has 0 bridgehead atoms. The van der Waals surface area contributed by atoms with Gasteiger partial charge >= 0.3 is 0 Å². The minimum atomic E-state index is -0.437. The molecule has 7 nitrogen and oxygen atoms in total. The highest BCUT2D eigenvalue weighted by molar-refractivity contribution is 5.96. The number of amides is 2. The molecule has 0 aromatic carbocycles. The van der Waals surface area contributed by atoms with Crippen LogP contribution in [0.5, 0.6) is 0 Å². The fourth-order valence-electron chi connectivity index (χ4n) is 4.80. The van der Waals surface area contributed by atoms with Gasteiger partial charge in [0.1, 0.15) is 11.7 Å². The molecule has 146 valence electrons. The summed E-state index contributed by atoms with van der Waals surface area (Å²) in [5.41, 5.74) is -0.164. The number of nitrogens with one attached hydrogen (secondary N) is 2. The van der Waals surface area contributed by atoms with Gasteiger partial charge in [-0.3, -0.25) is 14.4 Å². The van der Waals surface area contributed by atoms with E-state index in [1.54, 1.807) is 4.90 Å². The van der Waals surface area contributed by atoms with Crippen molar-refractivity contribution in [2.75, 3.05) is 6.54 Å². The number of piperidine rings is 1. The molecule has 3 unspecified atom stereocenters. The van der Waals surface area contributed by atoms with E-state index in [0.29, 0.717) is 18.9 Å². The maximum atomic E-state index is 12.9. The second-order valence-electron chi connectivity index (χ2n) is 8.23. The standard InChI is InChI=1S/C20H28N4O3/c25-18-10-9-15(22-23-18)20(27)24-11-5-4-8-17(24)19(26)21-16-12-14(16)13-6-2-1-3-7-13/h9-10,13-14,16-17H,1-8,11-12H2,(H,21,26)(H,23,25). The first-order valence-electron chi connectivity index (χ1n) is 10.3. The third-order valence-corrected chi connectivity index (χ3v) is 6.39. The van der Waals surface area contributed by atoms with Crippen LogP contribution in [-0.4, -0.2) is 45.5 Å². The number of H-pyrrole nitrogens is 1. The molecule has 1 aromatic heterocycles. The molecule has 2 aliphatic carbocycles. The lowest BCUT2D eigenvalue weighted by atomic mass is 9.85. The lowest BCUT2D eigenvalue weighted by Crippen LogP contribution is -2.52. The van der Waals surface area contributed by atoms with Gasteiger partial charge < -0.3 is 10.2 Å². The molecule has 27 heavy (non-hydrogen) atoms. The topological polar surface area (TPSA) is 95.2 Å². The first kappa shape index (κ1) is 18.2. The summed E-state index contributed by atoms with van der Waals surface area (Å²) in [5.74, 6) is 1.07. The second kappa shape index (κ2) is 7.82. The Hall–Kier alpha value is -2.18. The van der Waals surface area contributed by atoms with E-state index in [9.17, 15) is 14.4 Å². The van der Waals surface area contributed by atoms with Gasteiger partial charge in [-0.05, 0) is 43.6 Å². The molecule has 1 aromatic rings. The highest BCUT2D eigenvalue weighted by atomic mass is 16.2. The van der Waals surface area contributed by atoms with E-state index in [2.05, 4.69) is 15.5 Å². The minimum Gasteiger partial charge on any atom is -0.351 e. The smallest absolute Gasteiger partial charge is 0.274 e. The first-order valence-corrected chi connectivity index (χ1v) is 10.3. The number of carbonyl (C=O) groups is 2. The molecule has 3 fully saturated rings. The monoisotopic (exact) mass is 372 g/mol. The van der Waals surface area contributed by atoms with Crippen LogP contribution in [-0.2, 0) is 4.79 Å². The molecule has 2 N–H and O–H groups in total.